The summed E-state index contributed by atoms with van der Waals surface area (Å²) in [4.78, 5) is 7.71. The second-order valence-corrected chi connectivity index (χ2v) is 6.48. The van der Waals surface area contributed by atoms with Crippen molar-refractivity contribution in [3.05, 3.63) is 12.4 Å². The van der Waals surface area contributed by atoms with Gasteiger partial charge in [-0.3, -0.25) is 5.43 Å². The highest BCUT2D eigenvalue weighted by Crippen LogP contribution is 2.36. The first-order valence-corrected chi connectivity index (χ1v) is 7.17. The van der Waals surface area contributed by atoms with E-state index < -0.39 is 10.0 Å². The Morgan fingerprint density at radius 1 is 1.44 bits per heavy atom. The lowest BCUT2D eigenvalue weighted by atomic mass is 10.2. The van der Waals surface area contributed by atoms with Gasteiger partial charge >= 0.3 is 0 Å². The summed E-state index contributed by atoms with van der Waals surface area (Å²) in [5, 5.41) is 0. The molecule has 1 aromatic rings. The predicted molar refractivity (Wildman–Crippen MR) is 67.0 cm³/mol. The van der Waals surface area contributed by atoms with E-state index in [0.29, 0.717) is 5.92 Å². The third-order valence-corrected chi connectivity index (χ3v) is 5.21. The molecule has 1 unspecified atom stereocenters. The maximum Gasteiger partial charge on any atom is 0.246 e. The van der Waals surface area contributed by atoms with Crippen molar-refractivity contribution < 1.29 is 8.42 Å². The number of nitrogen functional groups attached to an aromatic ring is 1. The lowest BCUT2D eigenvalue weighted by molar-refractivity contribution is 0.357. The Bertz CT molecular complexity index is 512. The molecule has 1 atom stereocenters. The van der Waals surface area contributed by atoms with E-state index >= 15 is 0 Å². The molecule has 1 saturated carbocycles. The van der Waals surface area contributed by atoms with Crippen molar-refractivity contribution in [2.75, 3.05) is 12.5 Å². The van der Waals surface area contributed by atoms with Crippen molar-refractivity contribution in [1.82, 2.24) is 14.3 Å². The molecule has 0 amide bonds. The summed E-state index contributed by atoms with van der Waals surface area (Å²) in [6.07, 6.45) is 4.70. The topological polar surface area (TPSA) is 101 Å². The summed E-state index contributed by atoms with van der Waals surface area (Å²) in [6, 6.07) is 0.00214. The number of aromatic nitrogens is 2. The van der Waals surface area contributed by atoms with E-state index in [1.807, 2.05) is 6.92 Å². The van der Waals surface area contributed by atoms with E-state index in [4.69, 9.17) is 5.84 Å². The van der Waals surface area contributed by atoms with Crippen LogP contribution in [0.25, 0.3) is 0 Å². The molecule has 0 spiro atoms. The second kappa shape index (κ2) is 4.79. The van der Waals surface area contributed by atoms with E-state index in [1.54, 1.807) is 7.05 Å². The first-order valence-electron chi connectivity index (χ1n) is 5.73. The van der Waals surface area contributed by atoms with Gasteiger partial charge in [0.15, 0.2) is 0 Å². The van der Waals surface area contributed by atoms with Crippen LogP contribution in [0.2, 0.25) is 0 Å². The molecule has 8 heteroatoms. The zero-order chi connectivity index (χ0) is 13.3. The average molecular weight is 271 g/mol. The van der Waals surface area contributed by atoms with Crippen molar-refractivity contribution in [3.63, 3.8) is 0 Å². The molecule has 7 nitrogen and oxygen atoms in total. The van der Waals surface area contributed by atoms with Crippen LogP contribution in [0, 0.1) is 5.92 Å². The van der Waals surface area contributed by atoms with Crippen LogP contribution in [0.3, 0.4) is 0 Å². The molecular formula is C10H17N5O2S. The van der Waals surface area contributed by atoms with Gasteiger partial charge in [-0.25, -0.2) is 24.2 Å². The van der Waals surface area contributed by atoms with Gasteiger partial charge in [-0.05, 0) is 25.7 Å². The zero-order valence-electron chi connectivity index (χ0n) is 10.4. The fraction of sp³-hybridized carbons (Fsp3) is 0.600. The molecule has 1 heterocycles. The Labute approximate surface area is 106 Å². The maximum absolute atomic E-state index is 12.3. The predicted octanol–water partition coefficient (Wildman–Crippen LogP) is 0.181. The Morgan fingerprint density at radius 3 is 2.44 bits per heavy atom. The number of hydrogen-bond acceptors (Lipinski definition) is 6. The van der Waals surface area contributed by atoms with Crippen molar-refractivity contribution in [3.8, 4) is 0 Å². The number of rotatable bonds is 5. The Hall–Kier alpha value is -1.25. The number of hydrazine groups is 1. The molecule has 1 fully saturated rings. The first kappa shape index (κ1) is 13.2. The average Bonchev–Trinajstić information content (AvgIpc) is 3.21. The van der Waals surface area contributed by atoms with Gasteiger partial charge in [0.2, 0.25) is 16.0 Å². The fourth-order valence-electron chi connectivity index (χ4n) is 1.78. The lowest BCUT2D eigenvalue weighted by Crippen LogP contribution is -2.36. The quantitative estimate of drug-likeness (QED) is 0.585. The number of hydrogen-bond donors (Lipinski definition) is 2. The summed E-state index contributed by atoms with van der Waals surface area (Å²) in [7, 11) is -1.94. The Kier molecular flexibility index (Phi) is 3.51. The number of nitrogens with one attached hydrogen (secondary N) is 1. The van der Waals surface area contributed by atoms with Crippen LogP contribution in [0.4, 0.5) is 5.95 Å². The minimum absolute atomic E-state index is 0.00214. The van der Waals surface area contributed by atoms with Crippen LogP contribution in [0.5, 0.6) is 0 Å². The molecular weight excluding hydrogens is 254 g/mol. The largest absolute Gasteiger partial charge is 0.292 e. The molecule has 0 saturated heterocycles. The molecule has 1 aliphatic rings. The number of nitrogens with two attached hydrogens (primary N) is 1. The Morgan fingerprint density at radius 2 is 2.00 bits per heavy atom. The van der Waals surface area contributed by atoms with Gasteiger partial charge in [-0.1, -0.05) is 0 Å². The van der Waals surface area contributed by atoms with E-state index in [-0.39, 0.29) is 16.9 Å². The van der Waals surface area contributed by atoms with Crippen LogP contribution >= 0.6 is 0 Å². The Balaban J connectivity index is 2.23. The fourth-order valence-corrected chi connectivity index (χ4v) is 3.10. The van der Waals surface area contributed by atoms with Crippen molar-refractivity contribution in [2.45, 2.75) is 30.7 Å². The minimum atomic E-state index is -3.53. The smallest absolute Gasteiger partial charge is 0.246 e. The van der Waals surface area contributed by atoms with E-state index in [2.05, 4.69) is 15.4 Å². The first-order chi connectivity index (χ1) is 8.46. The molecule has 0 bridgehead atoms. The van der Waals surface area contributed by atoms with Gasteiger partial charge < -0.3 is 0 Å². The summed E-state index contributed by atoms with van der Waals surface area (Å²) >= 11 is 0. The van der Waals surface area contributed by atoms with Crippen LogP contribution in [-0.4, -0.2) is 35.8 Å². The number of anilines is 1. The minimum Gasteiger partial charge on any atom is -0.292 e. The molecule has 1 aliphatic carbocycles. The van der Waals surface area contributed by atoms with E-state index in [1.165, 1.54) is 16.7 Å². The summed E-state index contributed by atoms with van der Waals surface area (Å²) < 4.78 is 26.0. The zero-order valence-corrected chi connectivity index (χ0v) is 11.2. The molecule has 3 N–H and O–H groups in total. The van der Waals surface area contributed by atoms with Gasteiger partial charge in [-0.2, -0.15) is 4.31 Å². The highest BCUT2D eigenvalue weighted by molar-refractivity contribution is 7.89. The summed E-state index contributed by atoms with van der Waals surface area (Å²) in [5.41, 5.74) is 2.26. The second-order valence-electron chi connectivity index (χ2n) is 4.49. The van der Waals surface area contributed by atoms with Gasteiger partial charge in [0, 0.05) is 13.1 Å². The molecule has 0 radical (unpaired) electrons. The monoisotopic (exact) mass is 271 g/mol. The molecule has 0 aromatic carbocycles. The van der Waals surface area contributed by atoms with Crippen molar-refractivity contribution >= 4 is 16.0 Å². The third kappa shape index (κ3) is 2.45. The molecule has 1 aromatic heterocycles. The maximum atomic E-state index is 12.3. The van der Waals surface area contributed by atoms with Crippen molar-refractivity contribution in [2.24, 2.45) is 11.8 Å². The van der Waals surface area contributed by atoms with Gasteiger partial charge in [0.05, 0.1) is 12.4 Å². The van der Waals surface area contributed by atoms with Crippen LogP contribution < -0.4 is 11.3 Å². The number of sulfonamides is 1. The van der Waals surface area contributed by atoms with Gasteiger partial charge in [0.25, 0.3) is 0 Å². The van der Waals surface area contributed by atoms with E-state index in [0.717, 1.165) is 12.8 Å². The molecule has 18 heavy (non-hydrogen) atoms. The highest BCUT2D eigenvalue weighted by Gasteiger charge is 2.36. The standard InChI is InChI=1S/C10H17N5O2S/c1-7(8-3-4-8)15(2)18(16,17)9-5-12-10(14-11)13-6-9/h5-8H,3-4,11H2,1-2H3,(H,12,13,14). The third-order valence-electron chi connectivity index (χ3n) is 3.31. The molecule has 100 valence electrons. The van der Waals surface area contributed by atoms with Crippen molar-refractivity contribution in [1.29, 1.82) is 0 Å². The van der Waals surface area contributed by atoms with E-state index in [9.17, 15) is 8.42 Å². The van der Waals surface area contributed by atoms with Gasteiger partial charge in [0.1, 0.15) is 4.90 Å². The highest BCUT2D eigenvalue weighted by atomic mass is 32.2. The number of nitrogens with zero attached hydrogens (tertiary/aromatic N) is 3. The summed E-state index contributed by atoms with van der Waals surface area (Å²) in [6.45, 7) is 1.92. The molecule has 0 aliphatic heterocycles. The van der Waals surface area contributed by atoms with Gasteiger partial charge in [-0.15, -0.1) is 0 Å². The normalized spacial score (nSPS) is 17.8. The van der Waals surface area contributed by atoms with Crippen LogP contribution in [0.15, 0.2) is 17.3 Å². The lowest BCUT2D eigenvalue weighted by Gasteiger charge is -2.23. The van der Waals surface area contributed by atoms with Crippen LogP contribution in [0.1, 0.15) is 19.8 Å². The molecule has 2 rings (SSSR count). The van der Waals surface area contributed by atoms with Crippen LogP contribution in [-0.2, 0) is 10.0 Å². The SMILES string of the molecule is CC(C1CC1)N(C)S(=O)(=O)c1cnc(NN)nc1. The summed E-state index contributed by atoms with van der Waals surface area (Å²) in [5.74, 6) is 5.79.